The maximum atomic E-state index is 11.9. The van der Waals surface area contributed by atoms with Crippen LogP contribution in [-0.2, 0) is 17.8 Å². The van der Waals surface area contributed by atoms with Crippen molar-refractivity contribution < 1.29 is 4.79 Å². The highest BCUT2D eigenvalue weighted by Crippen LogP contribution is 2.18. The number of carbonyl (C=O) groups excluding carboxylic acids is 1. The summed E-state index contributed by atoms with van der Waals surface area (Å²) in [6.07, 6.45) is 5.26. The van der Waals surface area contributed by atoms with Crippen LogP contribution >= 0.6 is 35.3 Å². The lowest BCUT2D eigenvalue weighted by atomic mass is 10.3. The third-order valence-corrected chi connectivity index (χ3v) is 5.68. The Morgan fingerprint density at radius 1 is 1.35 bits per heavy atom. The zero-order valence-electron chi connectivity index (χ0n) is 15.5. The van der Waals surface area contributed by atoms with Crippen molar-refractivity contribution in [2.24, 2.45) is 4.99 Å². The molecule has 2 heterocycles. The third kappa shape index (κ3) is 6.34. The number of nitrogens with one attached hydrogen (secondary N) is 2. The minimum absolute atomic E-state index is 0. The molecule has 2 aliphatic rings. The van der Waals surface area contributed by atoms with E-state index in [4.69, 9.17) is 0 Å². The summed E-state index contributed by atoms with van der Waals surface area (Å²) in [5.74, 6) is 1.07. The minimum Gasteiger partial charge on any atom is -0.352 e. The van der Waals surface area contributed by atoms with Gasteiger partial charge < -0.3 is 15.5 Å². The van der Waals surface area contributed by atoms with E-state index < -0.39 is 0 Å². The van der Waals surface area contributed by atoms with E-state index in [-0.39, 0.29) is 29.9 Å². The molecule has 0 spiro atoms. The summed E-state index contributed by atoms with van der Waals surface area (Å²) in [6.45, 7) is 6.90. The van der Waals surface area contributed by atoms with Gasteiger partial charge in [-0.15, -0.1) is 35.3 Å². The van der Waals surface area contributed by atoms with Crippen LogP contribution in [0.3, 0.4) is 0 Å². The maximum Gasteiger partial charge on any atom is 0.234 e. The molecular formula is C17H29IN6OS. The topological polar surface area (TPSA) is 72.9 Å². The SMILES string of the molecule is CCc1cnc(CNC(=NC)N2CCN(CC(=O)NC3CC3)CC2)s1.I. The Kier molecular flexibility index (Phi) is 8.55. The van der Waals surface area contributed by atoms with Gasteiger partial charge in [-0.2, -0.15) is 0 Å². The van der Waals surface area contributed by atoms with E-state index in [9.17, 15) is 4.79 Å². The van der Waals surface area contributed by atoms with Gasteiger partial charge in [0, 0.05) is 50.3 Å². The van der Waals surface area contributed by atoms with Crippen LogP contribution in [0.2, 0.25) is 0 Å². The Morgan fingerprint density at radius 2 is 2.08 bits per heavy atom. The van der Waals surface area contributed by atoms with E-state index >= 15 is 0 Å². The molecule has 1 aromatic rings. The lowest BCUT2D eigenvalue weighted by Crippen LogP contribution is -2.54. The van der Waals surface area contributed by atoms with Crippen molar-refractivity contribution in [2.45, 2.75) is 38.8 Å². The number of hydrogen-bond acceptors (Lipinski definition) is 5. The number of piperazine rings is 1. The lowest BCUT2D eigenvalue weighted by molar-refractivity contribution is -0.122. The van der Waals surface area contributed by atoms with Gasteiger partial charge in [-0.25, -0.2) is 4.98 Å². The molecule has 3 rings (SSSR count). The predicted molar refractivity (Wildman–Crippen MR) is 116 cm³/mol. The van der Waals surface area contributed by atoms with Gasteiger partial charge in [0.05, 0.1) is 13.1 Å². The molecule has 2 fully saturated rings. The van der Waals surface area contributed by atoms with E-state index in [0.717, 1.165) is 56.4 Å². The Labute approximate surface area is 176 Å². The number of aryl methyl sites for hydroxylation is 1. The Balaban J connectivity index is 0.00000243. The van der Waals surface area contributed by atoms with Crippen LogP contribution in [0.5, 0.6) is 0 Å². The first-order chi connectivity index (χ1) is 12.2. The van der Waals surface area contributed by atoms with Gasteiger partial charge in [-0.1, -0.05) is 6.92 Å². The van der Waals surface area contributed by atoms with Gasteiger partial charge in [0.1, 0.15) is 5.01 Å². The van der Waals surface area contributed by atoms with E-state index in [1.807, 2.05) is 13.2 Å². The van der Waals surface area contributed by atoms with Crippen LogP contribution in [0, 0.1) is 0 Å². The summed E-state index contributed by atoms with van der Waals surface area (Å²) in [6, 6.07) is 0.441. The summed E-state index contributed by atoms with van der Waals surface area (Å²) >= 11 is 1.75. The van der Waals surface area contributed by atoms with Gasteiger partial charge in [0.25, 0.3) is 0 Å². The molecule has 1 saturated heterocycles. The molecule has 0 radical (unpaired) electrons. The number of halogens is 1. The van der Waals surface area contributed by atoms with Crippen molar-refractivity contribution >= 4 is 47.2 Å². The van der Waals surface area contributed by atoms with Gasteiger partial charge in [-0.05, 0) is 19.3 Å². The van der Waals surface area contributed by atoms with Crippen molar-refractivity contribution in [3.8, 4) is 0 Å². The predicted octanol–water partition coefficient (Wildman–Crippen LogP) is 1.30. The molecule has 0 bridgehead atoms. The lowest BCUT2D eigenvalue weighted by Gasteiger charge is -2.36. The molecule has 7 nitrogen and oxygen atoms in total. The standard InChI is InChI=1S/C17H28N6OS.HI/c1-3-14-10-19-16(25-14)11-20-17(18-2)23-8-6-22(7-9-23)12-15(24)21-13-4-5-13;/h10,13H,3-9,11-12H2,1-2H3,(H,18,20)(H,21,24);1H. The van der Waals surface area contributed by atoms with Crippen molar-refractivity contribution in [3.05, 3.63) is 16.1 Å². The molecule has 1 aliphatic heterocycles. The quantitative estimate of drug-likeness (QED) is 0.356. The normalized spacial score (nSPS) is 18.4. The molecule has 26 heavy (non-hydrogen) atoms. The molecule has 0 unspecified atom stereocenters. The second-order valence-corrected chi connectivity index (χ2v) is 7.78. The zero-order chi connectivity index (χ0) is 17.6. The Bertz CT molecular complexity index is 610. The number of guanidine groups is 1. The molecule has 2 N–H and O–H groups in total. The number of aliphatic imine (C=N–C) groups is 1. The molecule has 1 saturated carbocycles. The van der Waals surface area contributed by atoms with Crippen LogP contribution in [0.15, 0.2) is 11.2 Å². The zero-order valence-corrected chi connectivity index (χ0v) is 18.7. The van der Waals surface area contributed by atoms with E-state index in [2.05, 4.69) is 37.3 Å². The molecule has 1 aromatic heterocycles. The second-order valence-electron chi connectivity index (χ2n) is 6.58. The molecule has 1 amide bonds. The molecule has 146 valence electrons. The first kappa shape index (κ1) is 21.4. The fourth-order valence-electron chi connectivity index (χ4n) is 2.90. The number of amides is 1. The van der Waals surface area contributed by atoms with Crippen LogP contribution in [0.1, 0.15) is 29.7 Å². The molecular weight excluding hydrogens is 463 g/mol. The average Bonchev–Trinajstić information content (AvgIpc) is 3.31. The fraction of sp³-hybridized carbons (Fsp3) is 0.706. The highest BCUT2D eigenvalue weighted by Gasteiger charge is 2.25. The third-order valence-electron chi connectivity index (χ3n) is 4.54. The highest BCUT2D eigenvalue weighted by atomic mass is 127. The van der Waals surface area contributed by atoms with Crippen molar-refractivity contribution in [2.75, 3.05) is 39.8 Å². The number of aromatic nitrogens is 1. The molecule has 1 aliphatic carbocycles. The summed E-state index contributed by atoms with van der Waals surface area (Å²) in [5, 5.41) is 7.56. The first-order valence-electron chi connectivity index (χ1n) is 9.08. The van der Waals surface area contributed by atoms with Gasteiger partial charge in [-0.3, -0.25) is 14.7 Å². The van der Waals surface area contributed by atoms with Crippen LogP contribution in [0.25, 0.3) is 0 Å². The molecule has 9 heteroatoms. The number of hydrogen-bond donors (Lipinski definition) is 2. The second kappa shape index (κ2) is 10.4. The molecule has 0 aromatic carbocycles. The van der Waals surface area contributed by atoms with Crippen LogP contribution in [-0.4, -0.2) is 72.5 Å². The van der Waals surface area contributed by atoms with Crippen molar-refractivity contribution in [1.82, 2.24) is 25.4 Å². The van der Waals surface area contributed by atoms with Crippen molar-refractivity contribution in [1.29, 1.82) is 0 Å². The van der Waals surface area contributed by atoms with E-state index in [1.165, 1.54) is 4.88 Å². The minimum atomic E-state index is 0. The van der Waals surface area contributed by atoms with E-state index in [1.54, 1.807) is 11.3 Å². The number of carbonyl (C=O) groups is 1. The van der Waals surface area contributed by atoms with Crippen LogP contribution < -0.4 is 10.6 Å². The van der Waals surface area contributed by atoms with E-state index in [0.29, 0.717) is 19.1 Å². The highest BCUT2D eigenvalue weighted by molar-refractivity contribution is 14.0. The Hall–Kier alpha value is -0.940. The first-order valence-corrected chi connectivity index (χ1v) is 9.90. The summed E-state index contributed by atoms with van der Waals surface area (Å²) in [4.78, 5) is 26.5. The average molecular weight is 492 g/mol. The number of rotatable bonds is 6. The smallest absolute Gasteiger partial charge is 0.234 e. The summed E-state index contributed by atoms with van der Waals surface area (Å²) < 4.78 is 0. The maximum absolute atomic E-state index is 11.9. The molecule has 0 atom stereocenters. The number of nitrogens with zero attached hydrogens (tertiary/aromatic N) is 4. The van der Waals surface area contributed by atoms with Gasteiger partial charge in [0.15, 0.2) is 5.96 Å². The summed E-state index contributed by atoms with van der Waals surface area (Å²) in [5.41, 5.74) is 0. The van der Waals surface area contributed by atoms with Crippen molar-refractivity contribution in [3.63, 3.8) is 0 Å². The largest absolute Gasteiger partial charge is 0.352 e. The van der Waals surface area contributed by atoms with Gasteiger partial charge in [0.2, 0.25) is 5.91 Å². The van der Waals surface area contributed by atoms with Gasteiger partial charge >= 0.3 is 0 Å². The number of thiazole rings is 1. The summed E-state index contributed by atoms with van der Waals surface area (Å²) in [7, 11) is 1.82. The Morgan fingerprint density at radius 3 is 2.65 bits per heavy atom. The monoisotopic (exact) mass is 492 g/mol. The fourth-order valence-corrected chi connectivity index (χ4v) is 3.70. The van der Waals surface area contributed by atoms with Crippen LogP contribution in [0.4, 0.5) is 0 Å².